The standard InChI is InChI=1S/C13H21NO/c1-4-6-11(2)14-12(3)8-9-13-7-5-10-15-13/h4-5,7,10-12,14H,1,6,8-9H2,2-3H3. The van der Waals surface area contributed by atoms with Crippen molar-refractivity contribution in [3.05, 3.63) is 36.8 Å². The summed E-state index contributed by atoms with van der Waals surface area (Å²) in [4.78, 5) is 0. The lowest BCUT2D eigenvalue weighted by molar-refractivity contribution is 0.426. The number of hydrogen-bond donors (Lipinski definition) is 1. The summed E-state index contributed by atoms with van der Waals surface area (Å²) in [5.41, 5.74) is 0. The summed E-state index contributed by atoms with van der Waals surface area (Å²) >= 11 is 0. The van der Waals surface area contributed by atoms with Gasteiger partial charge in [-0.3, -0.25) is 0 Å². The van der Waals surface area contributed by atoms with E-state index in [1.807, 2.05) is 18.2 Å². The van der Waals surface area contributed by atoms with Gasteiger partial charge in [0, 0.05) is 18.5 Å². The van der Waals surface area contributed by atoms with Crippen LogP contribution in [0.25, 0.3) is 0 Å². The number of furan rings is 1. The Morgan fingerprint density at radius 3 is 2.87 bits per heavy atom. The molecule has 0 aliphatic carbocycles. The van der Waals surface area contributed by atoms with Crippen LogP contribution in [0.2, 0.25) is 0 Å². The number of hydrogen-bond acceptors (Lipinski definition) is 2. The molecule has 2 heteroatoms. The fourth-order valence-corrected chi connectivity index (χ4v) is 1.70. The zero-order valence-electron chi connectivity index (χ0n) is 9.70. The van der Waals surface area contributed by atoms with Crippen molar-refractivity contribution in [3.63, 3.8) is 0 Å². The van der Waals surface area contributed by atoms with Crippen molar-refractivity contribution in [3.8, 4) is 0 Å². The number of nitrogens with one attached hydrogen (secondary N) is 1. The maximum Gasteiger partial charge on any atom is 0.103 e. The zero-order valence-corrected chi connectivity index (χ0v) is 9.70. The molecule has 0 aliphatic heterocycles. The molecule has 1 aromatic rings. The summed E-state index contributed by atoms with van der Waals surface area (Å²) in [6.45, 7) is 8.14. The molecule has 1 aromatic heterocycles. The largest absolute Gasteiger partial charge is 0.469 e. The Labute approximate surface area is 92.4 Å². The van der Waals surface area contributed by atoms with Crippen LogP contribution in [0.1, 0.15) is 32.4 Å². The molecule has 2 unspecified atom stereocenters. The molecule has 0 radical (unpaired) electrons. The van der Waals surface area contributed by atoms with Gasteiger partial charge in [-0.25, -0.2) is 0 Å². The molecule has 0 saturated heterocycles. The van der Waals surface area contributed by atoms with E-state index in [9.17, 15) is 0 Å². The van der Waals surface area contributed by atoms with E-state index in [0.717, 1.165) is 25.0 Å². The molecule has 1 rings (SSSR count). The minimum absolute atomic E-state index is 0.508. The second-order valence-electron chi connectivity index (χ2n) is 4.11. The van der Waals surface area contributed by atoms with E-state index in [2.05, 4.69) is 25.7 Å². The molecule has 0 saturated carbocycles. The average Bonchev–Trinajstić information content (AvgIpc) is 2.67. The van der Waals surface area contributed by atoms with Gasteiger partial charge in [0.15, 0.2) is 0 Å². The Morgan fingerprint density at radius 1 is 1.47 bits per heavy atom. The molecule has 2 atom stereocenters. The van der Waals surface area contributed by atoms with Gasteiger partial charge in [0.1, 0.15) is 5.76 Å². The monoisotopic (exact) mass is 207 g/mol. The summed E-state index contributed by atoms with van der Waals surface area (Å²) < 4.78 is 5.29. The van der Waals surface area contributed by atoms with Crippen molar-refractivity contribution >= 4 is 0 Å². The summed E-state index contributed by atoms with van der Waals surface area (Å²) in [6.07, 6.45) is 6.81. The van der Waals surface area contributed by atoms with E-state index in [-0.39, 0.29) is 0 Å². The van der Waals surface area contributed by atoms with E-state index in [4.69, 9.17) is 4.42 Å². The highest BCUT2D eigenvalue weighted by molar-refractivity contribution is 4.98. The topological polar surface area (TPSA) is 25.2 Å². The Kier molecular flexibility index (Phi) is 5.19. The predicted octanol–water partition coefficient (Wildman–Crippen LogP) is 3.15. The van der Waals surface area contributed by atoms with Crippen molar-refractivity contribution in [2.45, 2.75) is 45.2 Å². The third-order valence-corrected chi connectivity index (χ3v) is 2.49. The van der Waals surface area contributed by atoms with Gasteiger partial charge < -0.3 is 9.73 Å². The normalized spacial score (nSPS) is 14.8. The molecule has 1 heterocycles. The first-order valence-corrected chi connectivity index (χ1v) is 5.61. The Morgan fingerprint density at radius 2 is 2.27 bits per heavy atom. The summed E-state index contributed by atoms with van der Waals surface area (Å²) in [6, 6.07) is 4.99. The summed E-state index contributed by atoms with van der Waals surface area (Å²) in [7, 11) is 0. The molecule has 15 heavy (non-hydrogen) atoms. The minimum Gasteiger partial charge on any atom is -0.469 e. The third kappa shape index (κ3) is 4.84. The first-order chi connectivity index (χ1) is 7.22. The highest BCUT2D eigenvalue weighted by Gasteiger charge is 2.06. The van der Waals surface area contributed by atoms with Crippen molar-refractivity contribution in [2.24, 2.45) is 0 Å². The average molecular weight is 207 g/mol. The zero-order chi connectivity index (χ0) is 11.1. The molecule has 0 spiro atoms. The lowest BCUT2D eigenvalue weighted by Gasteiger charge is -2.18. The van der Waals surface area contributed by atoms with Crippen LogP contribution in [-0.4, -0.2) is 12.1 Å². The molecular formula is C13H21NO. The molecule has 0 aromatic carbocycles. The van der Waals surface area contributed by atoms with Crippen molar-refractivity contribution in [1.29, 1.82) is 0 Å². The molecule has 84 valence electrons. The van der Waals surface area contributed by atoms with E-state index in [1.165, 1.54) is 0 Å². The maximum absolute atomic E-state index is 5.29. The number of aryl methyl sites for hydroxylation is 1. The molecule has 0 amide bonds. The minimum atomic E-state index is 0.508. The lowest BCUT2D eigenvalue weighted by Crippen LogP contribution is -2.34. The fraction of sp³-hybridized carbons (Fsp3) is 0.538. The smallest absolute Gasteiger partial charge is 0.103 e. The molecular weight excluding hydrogens is 186 g/mol. The van der Waals surface area contributed by atoms with Gasteiger partial charge in [0.25, 0.3) is 0 Å². The summed E-state index contributed by atoms with van der Waals surface area (Å²) in [5.74, 6) is 1.07. The lowest BCUT2D eigenvalue weighted by atomic mass is 10.1. The van der Waals surface area contributed by atoms with E-state index in [1.54, 1.807) is 6.26 Å². The van der Waals surface area contributed by atoms with Crippen molar-refractivity contribution in [2.75, 3.05) is 0 Å². The molecule has 2 nitrogen and oxygen atoms in total. The molecule has 1 N–H and O–H groups in total. The van der Waals surface area contributed by atoms with Crippen LogP contribution in [0.4, 0.5) is 0 Å². The van der Waals surface area contributed by atoms with Crippen LogP contribution < -0.4 is 5.32 Å². The Hall–Kier alpha value is -1.02. The highest BCUT2D eigenvalue weighted by Crippen LogP contribution is 2.06. The highest BCUT2D eigenvalue weighted by atomic mass is 16.3. The first kappa shape index (κ1) is 12.1. The second-order valence-corrected chi connectivity index (χ2v) is 4.11. The van der Waals surface area contributed by atoms with Gasteiger partial charge in [0.05, 0.1) is 6.26 Å². The van der Waals surface area contributed by atoms with Crippen LogP contribution in [-0.2, 0) is 6.42 Å². The van der Waals surface area contributed by atoms with Crippen LogP contribution in [0.5, 0.6) is 0 Å². The third-order valence-electron chi connectivity index (χ3n) is 2.49. The van der Waals surface area contributed by atoms with E-state index < -0.39 is 0 Å². The van der Waals surface area contributed by atoms with E-state index >= 15 is 0 Å². The van der Waals surface area contributed by atoms with Gasteiger partial charge in [-0.2, -0.15) is 0 Å². The SMILES string of the molecule is C=CCC(C)NC(C)CCc1ccco1. The second kappa shape index (κ2) is 6.46. The van der Waals surface area contributed by atoms with Crippen LogP contribution >= 0.6 is 0 Å². The van der Waals surface area contributed by atoms with E-state index in [0.29, 0.717) is 12.1 Å². The van der Waals surface area contributed by atoms with Crippen LogP contribution in [0.3, 0.4) is 0 Å². The molecule has 0 bridgehead atoms. The van der Waals surface area contributed by atoms with Crippen LogP contribution in [0.15, 0.2) is 35.5 Å². The first-order valence-electron chi connectivity index (χ1n) is 5.61. The van der Waals surface area contributed by atoms with Gasteiger partial charge >= 0.3 is 0 Å². The van der Waals surface area contributed by atoms with Gasteiger partial charge in [-0.1, -0.05) is 6.08 Å². The molecule has 0 fully saturated rings. The maximum atomic E-state index is 5.29. The fourth-order valence-electron chi connectivity index (χ4n) is 1.70. The molecule has 0 aliphatic rings. The van der Waals surface area contributed by atoms with Crippen molar-refractivity contribution < 1.29 is 4.42 Å². The van der Waals surface area contributed by atoms with Gasteiger partial charge in [0.2, 0.25) is 0 Å². The number of rotatable bonds is 7. The van der Waals surface area contributed by atoms with Gasteiger partial charge in [-0.05, 0) is 38.8 Å². The Bertz CT molecular complexity index is 266. The van der Waals surface area contributed by atoms with Gasteiger partial charge in [-0.15, -0.1) is 6.58 Å². The van der Waals surface area contributed by atoms with Crippen LogP contribution in [0, 0.1) is 0 Å². The Balaban J connectivity index is 2.18. The quantitative estimate of drug-likeness (QED) is 0.695. The summed E-state index contributed by atoms with van der Waals surface area (Å²) in [5, 5.41) is 3.53. The predicted molar refractivity (Wildman–Crippen MR) is 63.9 cm³/mol. The van der Waals surface area contributed by atoms with Crippen molar-refractivity contribution in [1.82, 2.24) is 5.32 Å².